The molecule has 2 saturated heterocycles. The summed E-state index contributed by atoms with van der Waals surface area (Å²) in [5, 5.41) is 3.15. The predicted molar refractivity (Wildman–Crippen MR) is 136 cm³/mol. The van der Waals surface area contributed by atoms with E-state index in [0.717, 1.165) is 11.3 Å². The van der Waals surface area contributed by atoms with Gasteiger partial charge in [0.1, 0.15) is 0 Å². The molecule has 1 N–H and O–H groups in total. The number of rotatable bonds is 4. The van der Waals surface area contributed by atoms with Crippen molar-refractivity contribution in [2.24, 2.45) is 5.92 Å². The third kappa shape index (κ3) is 4.48. The van der Waals surface area contributed by atoms with Crippen molar-refractivity contribution < 1.29 is 17.9 Å². The lowest BCUT2D eigenvalue weighted by Crippen LogP contribution is -2.52. The number of piperidine rings is 1. The number of morpholine rings is 1. The molecular formula is C25H30N6O5S. The molecule has 11 nitrogen and oxygen atoms in total. The first kappa shape index (κ1) is 24.3. The van der Waals surface area contributed by atoms with Gasteiger partial charge < -0.3 is 9.64 Å². The van der Waals surface area contributed by atoms with Crippen LogP contribution in [0.4, 0.5) is 0 Å². The van der Waals surface area contributed by atoms with E-state index < -0.39 is 10.2 Å². The van der Waals surface area contributed by atoms with E-state index in [-0.39, 0.29) is 23.9 Å². The summed E-state index contributed by atoms with van der Waals surface area (Å²) >= 11 is 0. The molecule has 0 aliphatic carbocycles. The number of fused-ring (bicyclic) bond motifs is 2. The number of hydrogen-bond donors (Lipinski definition) is 1. The lowest BCUT2D eigenvalue weighted by molar-refractivity contribution is -0.137. The van der Waals surface area contributed by atoms with E-state index in [9.17, 15) is 18.0 Å². The van der Waals surface area contributed by atoms with E-state index in [4.69, 9.17) is 9.72 Å². The Labute approximate surface area is 214 Å². The van der Waals surface area contributed by atoms with Crippen LogP contribution < -0.4 is 5.56 Å². The van der Waals surface area contributed by atoms with Gasteiger partial charge in [-0.15, -0.1) is 0 Å². The van der Waals surface area contributed by atoms with Crippen LogP contribution in [0.3, 0.4) is 0 Å². The van der Waals surface area contributed by atoms with Gasteiger partial charge in [0.2, 0.25) is 5.91 Å². The summed E-state index contributed by atoms with van der Waals surface area (Å²) < 4.78 is 35.6. The highest BCUT2D eigenvalue weighted by Crippen LogP contribution is 2.26. The van der Waals surface area contributed by atoms with E-state index in [1.165, 1.54) is 13.1 Å². The largest absolute Gasteiger partial charge is 0.379 e. The molecule has 1 amide bonds. The SMILES string of the molecule is O=C(C1CCN(S(=O)(=O)N2CCOCC2)CC1)N1CCc2c(nc3cc(-c4ccccc4)[nH]n3c2=O)C1. The van der Waals surface area contributed by atoms with Crippen LogP contribution in [0.2, 0.25) is 0 Å². The van der Waals surface area contributed by atoms with Crippen LogP contribution in [0.25, 0.3) is 16.9 Å². The van der Waals surface area contributed by atoms with E-state index >= 15 is 0 Å². The number of nitrogens with one attached hydrogen (secondary N) is 1. The second-order valence-corrected chi connectivity index (χ2v) is 11.7. The first-order valence-electron chi connectivity index (χ1n) is 12.7. The molecule has 196 valence electrons. The predicted octanol–water partition coefficient (Wildman–Crippen LogP) is 0.863. The molecule has 12 heteroatoms. The lowest BCUT2D eigenvalue weighted by atomic mass is 9.95. The molecular weight excluding hydrogens is 496 g/mol. The number of aromatic amines is 1. The zero-order chi connectivity index (χ0) is 25.6. The number of carbonyl (C=O) groups excluding carboxylic acids is 1. The number of benzene rings is 1. The van der Waals surface area contributed by atoms with Gasteiger partial charge in [0.05, 0.1) is 31.1 Å². The zero-order valence-corrected chi connectivity index (χ0v) is 21.3. The maximum absolute atomic E-state index is 13.4. The van der Waals surface area contributed by atoms with Gasteiger partial charge in [0, 0.05) is 50.3 Å². The standard InChI is InChI=1S/C25H30N6O5S/c32-24(19-6-10-29(11-7-19)37(34,35)30-12-14-36-15-13-30)28-9-8-20-22(17-28)26-23-16-21(27-31(23)25(20)33)18-4-2-1-3-5-18/h1-5,16,19,27H,6-15,17H2. The Hall–Kier alpha value is -3.06. The smallest absolute Gasteiger partial charge is 0.282 e. The van der Waals surface area contributed by atoms with Crippen LogP contribution in [0.1, 0.15) is 24.1 Å². The van der Waals surface area contributed by atoms with Gasteiger partial charge in [-0.1, -0.05) is 30.3 Å². The zero-order valence-electron chi connectivity index (χ0n) is 20.5. The van der Waals surface area contributed by atoms with Crippen molar-refractivity contribution in [2.45, 2.75) is 25.8 Å². The monoisotopic (exact) mass is 526 g/mol. The Morgan fingerprint density at radius 2 is 1.70 bits per heavy atom. The molecule has 2 aromatic heterocycles. The second-order valence-electron chi connectivity index (χ2n) is 9.77. The number of H-pyrrole nitrogens is 1. The van der Waals surface area contributed by atoms with Gasteiger partial charge in [0.25, 0.3) is 15.8 Å². The van der Waals surface area contributed by atoms with Crippen molar-refractivity contribution in [3.63, 3.8) is 0 Å². The van der Waals surface area contributed by atoms with E-state index in [0.29, 0.717) is 82.1 Å². The van der Waals surface area contributed by atoms with Crippen molar-refractivity contribution in [2.75, 3.05) is 45.9 Å². The molecule has 3 aromatic rings. The fourth-order valence-electron chi connectivity index (χ4n) is 5.48. The lowest BCUT2D eigenvalue weighted by Gasteiger charge is -2.37. The number of ether oxygens (including phenoxy) is 1. The summed E-state index contributed by atoms with van der Waals surface area (Å²) in [6.45, 7) is 2.94. The summed E-state index contributed by atoms with van der Waals surface area (Å²) in [6.07, 6.45) is 1.41. The molecule has 2 fully saturated rings. The Balaban J connectivity index is 1.15. The Morgan fingerprint density at radius 3 is 2.43 bits per heavy atom. The number of amides is 1. The fraction of sp³-hybridized carbons (Fsp3) is 0.480. The maximum atomic E-state index is 13.4. The molecule has 3 aliphatic heterocycles. The topological polar surface area (TPSA) is 120 Å². The van der Waals surface area contributed by atoms with Crippen molar-refractivity contribution in [1.82, 2.24) is 28.1 Å². The van der Waals surface area contributed by atoms with Crippen LogP contribution in [0, 0.1) is 5.92 Å². The summed E-state index contributed by atoms with van der Waals surface area (Å²) in [6, 6.07) is 11.6. The van der Waals surface area contributed by atoms with Gasteiger partial charge >= 0.3 is 0 Å². The van der Waals surface area contributed by atoms with Crippen molar-refractivity contribution >= 4 is 21.8 Å². The quantitative estimate of drug-likeness (QED) is 0.539. The third-order valence-corrected chi connectivity index (χ3v) is 9.62. The summed E-state index contributed by atoms with van der Waals surface area (Å²) in [4.78, 5) is 33.0. The number of nitrogens with zero attached hydrogens (tertiary/aromatic N) is 5. The number of aromatic nitrogens is 3. The van der Waals surface area contributed by atoms with E-state index in [1.54, 1.807) is 4.90 Å². The average Bonchev–Trinajstić information content (AvgIpc) is 3.38. The van der Waals surface area contributed by atoms with Crippen molar-refractivity contribution in [3.05, 3.63) is 58.0 Å². The highest BCUT2D eigenvalue weighted by atomic mass is 32.2. The van der Waals surface area contributed by atoms with E-state index in [1.807, 2.05) is 36.4 Å². The minimum Gasteiger partial charge on any atom is -0.379 e. The maximum Gasteiger partial charge on any atom is 0.282 e. The van der Waals surface area contributed by atoms with E-state index in [2.05, 4.69) is 5.10 Å². The Bertz CT molecular complexity index is 1470. The molecule has 0 unspecified atom stereocenters. The summed E-state index contributed by atoms with van der Waals surface area (Å²) in [5.74, 6) is -0.227. The molecule has 6 rings (SSSR count). The van der Waals surface area contributed by atoms with Crippen LogP contribution >= 0.6 is 0 Å². The second kappa shape index (κ2) is 9.67. The summed E-state index contributed by atoms with van der Waals surface area (Å²) in [5.41, 5.74) is 3.43. The number of hydrogen-bond acceptors (Lipinski definition) is 6. The highest BCUT2D eigenvalue weighted by molar-refractivity contribution is 7.86. The Kier molecular flexibility index (Phi) is 6.35. The molecule has 0 atom stereocenters. The van der Waals surface area contributed by atoms with Crippen molar-refractivity contribution in [3.8, 4) is 11.3 Å². The summed E-state index contributed by atoms with van der Waals surface area (Å²) in [7, 11) is -3.53. The fourth-order valence-corrected chi connectivity index (χ4v) is 7.09. The molecule has 3 aliphatic rings. The Morgan fingerprint density at radius 1 is 1.00 bits per heavy atom. The first-order chi connectivity index (χ1) is 17.9. The molecule has 0 spiro atoms. The number of carbonyl (C=O) groups is 1. The minimum absolute atomic E-state index is 0.00936. The average molecular weight is 527 g/mol. The van der Waals surface area contributed by atoms with Gasteiger partial charge in [-0.05, 0) is 24.8 Å². The van der Waals surface area contributed by atoms with Gasteiger partial charge in [-0.2, -0.15) is 17.0 Å². The first-order valence-corrected chi connectivity index (χ1v) is 14.1. The molecule has 0 saturated carbocycles. The van der Waals surface area contributed by atoms with Crippen molar-refractivity contribution in [1.29, 1.82) is 0 Å². The van der Waals surface area contributed by atoms with Gasteiger partial charge in [0.15, 0.2) is 5.65 Å². The molecule has 0 radical (unpaired) electrons. The highest BCUT2D eigenvalue weighted by Gasteiger charge is 2.37. The van der Waals surface area contributed by atoms with Crippen LogP contribution in [-0.4, -0.2) is 88.4 Å². The molecule has 5 heterocycles. The third-order valence-electron chi connectivity index (χ3n) is 7.59. The van der Waals surface area contributed by atoms with Gasteiger partial charge in [-0.3, -0.25) is 14.7 Å². The van der Waals surface area contributed by atoms with Crippen LogP contribution in [0.5, 0.6) is 0 Å². The normalized spacial score (nSPS) is 20.3. The van der Waals surface area contributed by atoms with Crippen LogP contribution in [0.15, 0.2) is 41.2 Å². The minimum atomic E-state index is -3.53. The molecule has 1 aromatic carbocycles. The molecule has 0 bridgehead atoms. The van der Waals surface area contributed by atoms with Gasteiger partial charge in [-0.25, -0.2) is 9.50 Å². The molecule has 37 heavy (non-hydrogen) atoms. The van der Waals surface area contributed by atoms with Crippen LogP contribution in [-0.2, 0) is 32.7 Å².